The second-order valence-corrected chi connectivity index (χ2v) is 7.94. The highest BCUT2D eigenvalue weighted by molar-refractivity contribution is 5.88. The first-order valence-corrected chi connectivity index (χ1v) is 9.93. The van der Waals surface area contributed by atoms with E-state index in [0.717, 1.165) is 37.8 Å². The number of hydrogen-bond donors (Lipinski definition) is 1. The van der Waals surface area contributed by atoms with E-state index in [1.807, 2.05) is 6.07 Å². The quantitative estimate of drug-likeness (QED) is 0.918. The van der Waals surface area contributed by atoms with Crippen LogP contribution in [-0.2, 0) is 14.9 Å². The summed E-state index contributed by atoms with van der Waals surface area (Å²) in [6.45, 7) is 5.56. The SMILES string of the molecule is O=C(N1CCC(C2CCNC2)CC1)C1(c2ccccc2)CCOCC1. The van der Waals surface area contributed by atoms with Crippen LogP contribution in [0.2, 0.25) is 0 Å². The fourth-order valence-electron chi connectivity index (χ4n) is 5.06. The van der Waals surface area contributed by atoms with Gasteiger partial charge in [-0.3, -0.25) is 4.79 Å². The Hall–Kier alpha value is -1.39. The minimum absolute atomic E-state index is 0.338. The van der Waals surface area contributed by atoms with Crippen LogP contribution in [0.5, 0.6) is 0 Å². The maximum absolute atomic E-state index is 13.6. The van der Waals surface area contributed by atoms with Gasteiger partial charge in [-0.25, -0.2) is 0 Å². The minimum Gasteiger partial charge on any atom is -0.381 e. The van der Waals surface area contributed by atoms with Gasteiger partial charge in [-0.1, -0.05) is 30.3 Å². The monoisotopic (exact) mass is 342 g/mol. The Bertz CT molecular complexity index is 569. The molecule has 0 radical (unpaired) electrons. The molecule has 1 aromatic carbocycles. The molecule has 4 heteroatoms. The first-order chi connectivity index (χ1) is 12.3. The zero-order valence-corrected chi connectivity index (χ0v) is 15.1. The molecule has 0 spiro atoms. The maximum atomic E-state index is 13.6. The van der Waals surface area contributed by atoms with E-state index >= 15 is 0 Å². The van der Waals surface area contributed by atoms with E-state index in [-0.39, 0.29) is 5.41 Å². The molecule has 1 atom stereocenters. The summed E-state index contributed by atoms with van der Waals surface area (Å²) in [6, 6.07) is 10.4. The molecule has 4 rings (SSSR count). The second-order valence-electron chi connectivity index (χ2n) is 7.94. The molecule has 0 aromatic heterocycles. The Morgan fingerprint density at radius 1 is 1.04 bits per heavy atom. The lowest BCUT2D eigenvalue weighted by atomic mass is 9.72. The fraction of sp³-hybridized carbons (Fsp3) is 0.667. The summed E-state index contributed by atoms with van der Waals surface area (Å²) in [5, 5.41) is 3.49. The summed E-state index contributed by atoms with van der Waals surface area (Å²) < 4.78 is 5.59. The van der Waals surface area contributed by atoms with Crippen molar-refractivity contribution >= 4 is 5.91 Å². The molecule has 3 aliphatic heterocycles. The molecule has 4 nitrogen and oxygen atoms in total. The van der Waals surface area contributed by atoms with Crippen LogP contribution < -0.4 is 5.32 Å². The minimum atomic E-state index is -0.374. The first-order valence-electron chi connectivity index (χ1n) is 9.93. The van der Waals surface area contributed by atoms with E-state index in [1.165, 1.54) is 37.9 Å². The molecule has 0 bridgehead atoms. The summed E-state index contributed by atoms with van der Waals surface area (Å²) in [4.78, 5) is 15.7. The molecule has 3 fully saturated rings. The lowest BCUT2D eigenvalue weighted by Gasteiger charge is -2.43. The van der Waals surface area contributed by atoms with Crippen LogP contribution in [0.15, 0.2) is 30.3 Å². The molecule has 1 unspecified atom stereocenters. The van der Waals surface area contributed by atoms with Crippen LogP contribution in [0.4, 0.5) is 0 Å². The van der Waals surface area contributed by atoms with E-state index in [0.29, 0.717) is 19.1 Å². The number of hydrogen-bond acceptors (Lipinski definition) is 3. The second kappa shape index (κ2) is 7.46. The molecule has 3 aliphatic rings. The molecule has 3 saturated heterocycles. The summed E-state index contributed by atoms with van der Waals surface area (Å²) >= 11 is 0. The summed E-state index contributed by atoms with van der Waals surface area (Å²) in [5.41, 5.74) is 0.798. The Labute approximate surface area is 150 Å². The zero-order chi connectivity index (χ0) is 17.1. The van der Waals surface area contributed by atoms with Gasteiger partial charge in [0.15, 0.2) is 0 Å². The predicted molar refractivity (Wildman–Crippen MR) is 98.5 cm³/mol. The molecule has 1 aromatic rings. The Kier molecular flexibility index (Phi) is 5.09. The normalized spacial score (nSPS) is 27.4. The van der Waals surface area contributed by atoms with Gasteiger partial charge < -0.3 is 15.0 Å². The van der Waals surface area contributed by atoms with E-state index in [1.54, 1.807) is 0 Å². The summed E-state index contributed by atoms with van der Waals surface area (Å²) in [7, 11) is 0. The third-order valence-electron chi connectivity index (χ3n) is 6.67. The third-order valence-corrected chi connectivity index (χ3v) is 6.67. The number of amides is 1. The van der Waals surface area contributed by atoms with Crippen LogP contribution in [0, 0.1) is 11.8 Å². The fourth-order valence-corrected chi connectivity index (χ4v) is 5.06. The highest BCUT2D eigenvalue weighted by Gasteiger charge is 2.44. The van der Waals surface area contributed by atoms with Crippen molar-refractivity contribution in [1.82, 2.24) is 10.2 Å². The van der Waals surface area contributed by atoms with Crippen LogP contribution >= 0.6 is 0 Å². The molecule has 3 heterocycles. The molecule has 25 heavy (non-hydrogen) atoms. The predicted octanol–water partition coefficient (Wildman–Crippen LogP) is 2.58. The molecular weight excluding hydrogens is 312 g/mol. The first kappa shape index (κ1) is 17.0. The highest BCUT2D eigenvalue weighted by atomic mass is 16.5. The van der Waals surface area contributed by atoms with Crippen molar-refractivity contribution in [3.8, 4) is 0 Å². The summed E-state index contributed by atoms with van der Waals surface area (Å²) in [5.74, 6) is 1.95. The molecule has 1 amide bonds. The lowest BCUT2D eigenvalue weighted by molar-refractivity contribution is -0.143. The average Bonchev–Trinajstić information content (AvgIpc) is 3.24. The number of benzene rings is 1. The average molecular weight is 342 g/mol. The van der Waals surface area contributed by atoms with Gasteiger partial charge in [-0.15, -0.1) is 0 Å². The van der Waals surface area contributed by atoms with Gasteiger partial charge in [0, 0.05) is 26.3 Å². The van der Waals surface area contributed by atoms with Gasteiger partial charge in [0.1, 0.15) is 0 Å². The lowest BCUT2D eigenvalue weighted by Crippen LogP contribution is -2.52. The zero-order valence-electron chi connectivity index (χ0n) is 15.1. The molecule has 1 N–H and O–H groups in total. The highest BCUT2D eigenvalue weighted by Crippen LogP contribution is 2.38. The number of likely N-dealkylation sites (tertiary alicyclic amines) is 1. The maximum Gasteiger partial charge on any atom is 0.233 e. The number of carbonyl (C=O) groups excluding carboxylic acids is 1. The van der Waals surface area contributed by atoms with Gasteiger partial charge in [0.05, 0.1) is 5.41 Å². The molecule has 136 valence electrons. The summed E-state index contributed by atoms with van der Waals surface area (Å²) in [6.07, 6.45) is 5.26. The van der Waals surface area contributed by atoms with Crippen molar-refractivity contribution in [3.05, 3.63) is 35.9 Å². The van der Waals surface area contributed by atoms with Crippen LogP contribution in [0.25, 0.3) is 0 Å². The Morgan fingerprint density at radius 3 is 2.40 bits per heavy atom. The van der Waals surface area contributed by atoms with Crippen LogP contribution in [-0.4, -0.2) is 50.2 Å². The number of ether oxygens (including phenoxy) is 1. The molecule has 0 saturated carbocycles. The van der Waals surface area contributed by atoms with Gasteiger partial charge in [-0.05, 0) is 62.6 Å². The van der Waals surface area contributed by atoms with Crippen molar-refractivity contribution in [2.24, 2.45) is 11.8 Å². The Balaban J connectivity index is 1.48. The van der Waals surface area contributed by atoms with Crippen LogP contribution in [0.1, 0.15) is 37.7 Å². The third kappa shape index (κ3) is 3.34. The molecular formula is C21H30N2O2. The van der Waals surface area contributed by atoms with Gasteiger partial charge in [-0.2, -0.15) is 0 Å². The van der Waals surface area contributed by atoms with E-state index in [2.05, 4.69) is 34.5 Å². The number of nitrogens with zero attached hydrogens (tertiary/aromatic N) is 1. The van der Waals surface area contributed by atoms with Crippen molar-refractivity contribution in [2.45, 2.75) is 37.5 Å². The van der Waals surface area contributed by atoms with Crippen molar-refractivity contribution in [2.75, 3.05) is 39.4 Å². The smallest absolute Gasteiger partial charge is 0.233 e. The largest absolute Gasteiger partial charge is 0.381 e. The topological polar surface area (TPSA) is 41.6 Å². The van der Waals surface area contributed by atoms with Gasteiger partial charge in [0.2, 0.25) is 5.91 Å². The van der Waals surface area contributed by atoms with Crippen LogP contribution in [0.3, 0.4) is 0 Å². The van der Waals surface area contributed by atoms with Crippen molar-refractivity contribution in [3.63, 3.8) is 0 Å². The van der Waals surface area contributed by atoms with Gasteiger partial charge >= 0.3 is 0 Å². The van der Waals surface area contributed by atoms with E-state index < -0.39 is 0 Å². The standard InChI is InChI=1S/C21H30N2O2/c24-20(23-12-7-17(8-13-23)18-6-11-22-16-18)21(9-14-25-15-10-21)19-4-2-1-3-5-19/h1-5,17-18,22H,6-16H2. The van der Waals surface area contributed by atoms with E-state index in [9.17, 15) is 4.79 Å². The van der Waals surface area contributed by atoms with E-state index in [4.69, 9.17) is 4.74 Å². The number of piperidine rings is 1. The Morgan fingerprint density at radius 2 is 1.76 bits per heavy atom. The number of rotatable bonds is 3. The van der Waals surface area contributed by atoms with Crippen molar-refractivity contribution in [1.29, 1.82) is 0 Å². The number of nitrogens with one attached hydrogen (secondary N) is 1. The molecule has 0 aliphatic carbocycles. The van der Waals surface area contributed by atoms with Gasteiger partial charge in [0.25, 0.3) is 0 Å². The number of carbonyl (C=O) groups is 1. The van der Waals surface area contributed by atoms with Crippen molar-refractivity contribution < 1.29 is 9.53 Å².